The van der Waals surface area contributed by atoms with Gasteiger partial charge in [0.05, 0.1) is 5.51 Å². The highest BCUT2D eigenvalue weighted by Crippen LogP contribution is 2.33. The molecule has 0 aliphatic rings. The Morgan fingerprint density at radius 1 is 1.37 bits per heavy atom. The molecule has 3 heteroatoms. The van der Waals surface area contributed by atoms with Crippen LogP contribution in [0.5, 0.6) is 0 Å². The number of aromatic nitrogens is 1. The van der Waals surface area contributed by atoms with Gasteiger partial charge in [0.15, 0.2) is 0 Å². The van der Waals surface area contributed by atoms with E-state index in [1.807, 2.05) is 11.7 Å². The molecule has 0 amide bonds. The fourth-order valence-corrected chi connectivity index (χ4v) is 3.31. The molecule has 1 N–H and O–H groups in total. The summed E-state index contributed by atoms with van der Waals surface area (Å²) in [5.74, 6) is 0.726. The molecule has 0 spiro atoms. The van der Waals surface area contributed by atoms with E-state index < -0.39 is 0 Å². The zero-order chi connectivity index (χ0) is 14.1. The lowest BCUT2D eigenvalue weighted by Crippen LogP contribution is -2.37. The van der Waals surface area contributed by atoms with Crippen LogP contribution >= 0.6 is 11.3 Å². The molecule has 0 aromatic carbocycles. The largest absolute Gasteiger partial charge is 0.316 e. The first kappa shape index (κ1) is 16.6. The second-order valence-electron chi connectivity index (χ2n) is 6.13. The van der Waals surface area contributed by atoms with Gasteiger partial charge in [-0.05, 0) is 37.1 Å². The van der Waals surface area contributed by atoms with Crippen LogP contribution in [0.4, 0.5) is 0 Å². The van der Waals surface area contributed by atoms with Crippen molar-refractivity contribution in [3.63, 3.8) is 0 Å². The molecular formula is C16H30N2S. The zero-order valence-electron chi connectivity index (χ0n) is 13.0. The average molecular weight is 282 g/mol. The summed E-state index contributed by atoms with van der Waals surface area (Å²) in [4.78, 5) is 5.66. The summed E-state index contributed by atoms with van der Waals surface area (Å²) in [5.41, 5.74) is 2.37. The summed E-state index contributed by atoms with van der Waals surface area (Å²) >= 11 is 1.80. The van der Waals surface area contributed by atoms with Crippen molar-refractivity contribution in [2.45, 2.75) is 59.8 Å². The molecule has 0 saturated heterocycles. The van der Waals surface area contributed by atoms with Crippen molar-refractivity contribution in [2.75, 3.05) is 13.1 Å². The first-order valence-corrected chi connectivity index (χ1v) is 8.58. The highest BCUT2D eigenvalue weighted by Gasteiger charge is 2.28. The second kappa shape index (κ2) is 8.70. The normalized spacial score (nSPS) is 14.8. The van der Waals surface area contributed by atoms with Gasteiger partial charge in [0.25, 0.3) is 0 Å². The monoisotopic (exact) mass is 282 g/mol. The summed E-state index contributed by atoms with van der Waals surface area (Å²) in [5, 5.41) is 3.68. The van der Waals surface area contributed by atoms with E-state index in [4.69, 9.17) is 0 Å². The standard InChI is InChI=1S/C16H30N2S/c1-5-7-8-16(6-2,12-17-10-14(3)4)9-15-11-18-13-19-15/h11,13-14,17H,5-10,12H2,1-4H3. The molecule has 1 aromatic rings. The minimum Gasteiger partial charge on any atom is -0.316 e. The van der Waals surface area contributed by atoms with Gasteiger partial charge in [0.1, 0.15) is 0 Å². The van der Waals surface area contributed by atoms with Gasteiger partial charge in [-0.2, -0.15) is 0 Å². The Morgan fingerprint density at radius 3 is 2.68 bits per heavy atom. The molecule has 0 aliphatic carbocycles. The van der Waals surface area contributed by atoms with Gasteiger partial charge in [-0.25, -0.2) is 0 Å². The van der Waals surface area contributed by atoms with Gasteiger partial charge >= 0.3 is 0 Å². The smallest absolute Gasteiger partial charge is 0.0794 e. The summed E-state index contributed by atoms with van der Waals surface area (Å²) in [7, 11) is 0. The predicted octanol–water partition coefficient (Wildman–Crippen LogP) is 4.52. The molecule has 1 unspecified atom stereocenters. The van der Waals surface area contributed by atoms with Crippen molar-refractivity contribution in [1.82, 2.24) is 10.3 Å². The Morgan fingerprint density at radius 2 is 2.16 bits per heavy atom. The fraction of sp³-hybridized carbons (Fsp3) is 0.812. The number of hydrogen-bond acceptors (Lipinski definition) is 3. The highest BCUT2D eigenvalue weighted by molar-refractivity contribution is 7.09. The maximum atomic E-state index is 4.23. The van der Waals surface area contributed by atoms with E-state index in [1.54, 1.807) is 11.3 Å². The molecule has 1 atom stereocenters. The second-order valence-corrected chi connectivity index (χ2v) is 7.10. The van der Waals surface area contributed by atoms with Crippen molar-refractivity contribution in [3.05, 3.63) is 16.6 Å². The van der Waals surface area contributed by atoms with E-state index in [0.717, 1.165) is 19.0 Å². The van der Waals surface area contributed by atoms with E-state index >= 15 is 0 Å². The predicted molar refractivity (Wildman–Crippen MR) is 85.8 cm³/mol. The molecule has 0 radical (unpaired) electrons. The van der Waals surface area contributed by atoms with Crippen LogP contribution in [0, 0.1) is 11.3 Å². The molecule has 1 aromatic heterocycles. The van der Waals surface area contributed by atoms with Crippen LogP contribution in [0.2, 0.25) is 0 Å². The van der Waals surface area contributed by atoms with E-state index in [9.17, 15) is 0 Å². The molecule has 1 heterocycles. The van der Waals surface area contributed by atoms with Crippen molar-refractivity contribution < 1.29 is 0 Å². The number of nitrogens with one attached hydrogen (secondary N) is 1. The maximum absolute atomic E-state index is 4.23. The lowest BCUT2D eigenvalue weighted by Gasteiger charge is -2.33. The summed E-state index contributed by atoms with van der Waals surface area (Å²) in [6.45, 7) is 11.4. The third-order valence-corrected chi connectivity index (χ3v) is 4.68. The Bertz CT molecular complexity index is 321. The van der Waals surface area contributed by atoms with E-state index in [2.05, 4.69) is 38.0 Å². The Balaban J connectivity index is 2.63. The van der Waals surface area contributed by atoms with E-state index in [-0.39, 0.29) is 0 Å². The summed E-state index contributed by atoms with van der Waals surface area (Å²) < 4.78 is 0. The third kappa shape index (κ3) is 6.05. The Kier molecular flexibility index (Phi) is 7.62. The van der Waals surface area contributed by atoms with Crippen LogP contribution in [0.1, 0.15) is 58.3 Å². The lowest BCUT2D eigenvalue weighted by molar-refractivity contribution is 0.227. The van der Waals surface area contributed by atoms with Crippen LogP contribution in [-0.4, -0.2) is 18.1 Å². The Hall–Kier alpha value is -0.410. The topological polar surface area (TPSA) is 24.9 Å². The minimum absolute atomic E-state index is 0.414. The summed E-state index contributed by atoms with van der Waals surface area (Å²) in [6, 6.07) is 0. The van der Waals surface area contributed by atoms with Gasteiger partial charge in [-0.3, -0.25) is 4.98 Å². The zero-order valence-corrected chi connectivity index (χ0v) is 13.9. The molecule has 0 bridgehead atoms. The SMILES string of the molecule is CCCCC(CC)(CNCC(C)C)Cc1cncs1. The quantitative estimate of drug-likeness (QED) is 0.682. The fourth-order valence-electron chi connectivity index (χ4n) is 2.54. The van der Waals surface area contributed by atoms with Crippen molar-refractivity contribution in [1.29, 1.82) is 0 Å². The average Bonchev–Trinajstić information content (AvgIpc) is 2.88. The first-order chi connectivity index (χ1) is 9.12. The third-order valence-electron chi connectivity index (χ3n) is 3.90. The van der Waals surface area contributed by atoms with Crippen molar-refractivity contribution >= 4 is 11.3 Å². The van der Waals surface area contributed by atoms with Crippen LogP contribution in [0.3, 0.4) is 0 Å². The van der Waals surface area contributed by atoms with Crippen LogP contribution in [0.25, 0.3) is 0 Å². The van der Waals surface area contributed by atoms with Crippen LogP contribution < -0.4 is 5.32 Å². The molecule has 0 fully saturated rings. The molecule has 110 valence electrons. The number of rotatable bonds is 10. The Labute approximate surface area is 123 Å². The molecular weight excluding hydrogens is 252 g/mol. The molecule has 0 saturated carbocycles. The highest BCUT2D eigenvalue weighted by atomic mass is 32.1. The first-order valence-electron chi connectivity index (χ1n) is 7.70. The van der Waals surface area contributed by atoms with Crippen molar-refractivity contribution in [2.24, 2.45) is 11.3 Å². The van der Waals surface area contributed by atoms with Crippen LogP contribution in [0.15, 0.2) is 11.7 Å². The lowest BCUT2D eigenvalue weighted by atomic mass is 9.76. The van der Waals surface area contributed by atoms with Gasteiger partial charge in [0, 0.05) is 17.6 Å². The van der Waals surface area contributed by atoms with Gasteiger partial charge in [-0.15, -0.1) is 11.3 Å². The van der Waals surface area contributed by atoms with E-state index in [0.29, 0.717) is 5.41 Å². The minimum atomic E-state index is 0.414. The number of thiazole rings is 1. The van der Waals surface area contributed by atoms with Crippen molar-refractivity contribution in [3.8, 4) is 0 Å². The number of nitrogens with zero attached hydrogens (tertiary/aromatic N) is 1. The maximum Gasteiger partial charge on any atom is 0.0794 e. The molecule has 2 nitrogen and oxygen atoms in total. The summed E-state index contributed by atoms with van der Waals surface area (Å²) in [6.07, 6.45) is 8.41. The molecule has 1 rings (SSSR count). The van der Waals surface area contributed by atoms with Gasteiger partial charge < -0.3 is 5.32 Å². The molecule has 0 aliphatic heterocycles. The number of hydrogen-bond donors (Lipinski definition) is 1. The van der Waals surface area contributed by atoms with Gasteiger partial charge in [-0.1, -0.05) is 40.5 Å². The molecule has 19 heavy (non-hydrogen) atoms. The van der Waals surface area contributed by atoms with Crippen LogP contribution in [-0.2, 0) is 6.42 Å². The van der Waals surface area contributed by atoms with Gasteiger partial charge in [0.2, 0.25) is 0 Å². The number of unbranched alkanes of at least 4 members (excludes halogenated alkanes) is 1. The van der Waals surface area contributed by atoms with E-state index in [1.165, 1.54) is 37.0 Å².